The summed E-state index contributed by atoms with van der Waals surface area (Å²) in [5, 5.41) is 2.78. The van der Waals surface area contributed by atoms with Crippen molar-refractivity contribution in [1.29, 1.82) is 0 Å². The van der Waals surface area contributed by atoms with Crippen LogP contribution in [0.15, 0.2) is 71.6 Å². The van der Waals surface area contributed by atoms with Gasteiger partial charge in [-0.2, -0.15) is 0 Å². The number of ether oxygens (including phenoxy) is 1. The van der Waals surface area contributed by atoms with Crippen molar-refractivity contribution < 1.29 is 22.7 Å². The lowest BCUT2D eigenvalue weighted by Crippen LogP contribution is -2.35. The lowest BCUT2D eigenvalue weighted by Gasteiger charge is -2.31. The van der Waals surface area contributed by atoms with E-state index in [1.54, 1.807) is 48.5 Å². The van der Waals surface area contributed by atoms with Gasteiger partial charge in [0.2, 0.25) is 0 Å². The highest BCUT2D eigenvalue weighted by Crippen LogP contribution is 2.34. The summed E-state index contributed by atoms with van der Waals surface area (Å²) < 4.78 is 32.9. The lowest BCUT2D eigenvalue weighted by molar-refractivity contribution is 0.0597. The largest absolute Gasteiger partial charge is 0.465 e. The minimum absolute atomic E-state index is 0.152. The lowest BCUT2D eigenvalue weighted by atomic mass is 10.0. The summed E-state index contributed by atoms with van der Waals surface area (Å²) >= 11 is 0. The van der Waals surface area contributed by atoms with Gasteiger partial charge in [-0.25, -0.2) is 13.2 Å². The molecule has 4 rings (SSSR count). The van der Waals surface area contributed by atoms with Crippen LogP contribution in [0.2, 0.25) is 0 Å². The van der Waals surface area contributed by atoms with Gasteiger partial charge in [0, 0.05) is 12.2 Å². The molecule has 0 radical (unpaired) electrons. The monoisotopic (exact) mass is 464 g/mol. The van der Waals surface area contributed by atoms with E-state index in [9.17, 15) is 18.0 Å². The molecule has 3 aromatic carbocycles. The van der Waals surface area contributed by atoms with E-state index in [-0.39, 0.29) is 16.0 Å². The number of benzene rings is 3. The molecule has 1 N–H and O–H groups in total. The van der Waals surface area contributed by atoms with Crippen molar-refractivity contribution in [2.75, 3.05) is 23.3 Å². The molecule has 170 valence electrons. The zero-order valence-corrected chi connectivity index (χ0v) is 19.2. The van der Waals surface area contributed by atoms with Crippen LogP contribution in [-0.4, -0.2) is 33.9 Å². The van der Waals surface area contributed by atoms with E-state index < -0.39 is 21.9 Å². The Morgan fingerprint density at radius 1 is 0.970 bits per heavy atom. The van der Waals surface area contributed by atoms with Crippen molar-refractivity contribution in [3.63, 3.8) is 0 Å². The van der Waals surface area contributed by atoms with Crippen molar-refractivity contribution in [1.82, 2.24) is 0 Å². The maximum absolute atomic E-state index is 13.4. The second-order valence-electron chi connectivity index (χ2n) is 7.83. The highest BCUT2D eigenvalue weighted by atomic mass is 32.2. The van der Waals surface area contributed by atoms with Gasteiger partial charge in [-0.15, -0.1) is 0 Å². The molecule has 8 heteroatoms. The standard InChI is InChI=1S/C25H24N2O5S/c1-17-9-13-20(14-10-17)33(30,31)27-15-5-6-18-11-12-19(16-23(18)27)26-24(28)21-7-3-4-8-22(21)25(29)32-2/h3-4,7-14,16H,5-6,15H2,1-2H3,(H,26,28). The molecular formula is C25H24N2O5S. The second-order valence-corrected chi connectivity index (χ2v) is 9.69. The summed E-state index contributed by atoms with van der Waals surface area (Å²) in [5.41, 5.74) is 3.17. The Morgan fingerprint density at radius 3 is 2.36 bits per heavy atom. The molecule has 1 aliphatic rings. The Bertz CT molecular complexity index is 1320. The zero-order valence-electron chi connectivity index (χ0n) is 18.4. The summed E-state index contributed by atoms with van der Waals surface area (Å²) in [7, 11) is -2.50. The van der Waals surface area contributed by atoms with Gasteiger partial charge >= 0.3 is 5.97 Å². The fraction of sp³-hybridized carbons (Fsp3) is 0.200. The average molecular weight is 465 g/mol. The summed E-state index contributed by atoms with van der Waals surface area (Å²) in [6, 6.07) is 18.3. The second kappa shape index (κ2) is 9.07. The molecule has 33 heavy (non-hydrogen) atoms. The van der Waals surface area contributed by atoms with Crippen LogP contribution in [0.4, 0.5) is 11.4 Å². The minimum Gasteiger partial charge on any atom is -0.465 e. The molecule has 1 heterocycles. The van der Waals surface area contributed by atoms with Crippen LogP contribution >= 0.6 is 0 Å². The van der Waals surface area contributed by atoms with Crippen LogP contribution in [0.1, 0.15) is 38.3 Å². The summed E-state index contributed by atoms with van der Waals surface area (Å²) in [4.78, 5) is 25.1. The number of esters is 1. The number of carbonyl (C=O) groups excluding carboxylic acids is 2. The molecule has 0 fully saturated rings. The number of rotatable bonds is 5. The molecule has 0 spiro atoms. The number of nitrogens with zero attached hydrogens (tertiary/aromatic N) is 1. The van der Waals surface area contributed by atoms with Crippen LogP contribution < -0.4 is 9.62 Å². The number of methoxy groups -OCH3 is 1. The van der Waals surface area contributed by atoms with Crippen molar-refractivity contribution in [3.05, 3.63) is 89.0 Å². The number of hydrogen-bond acceptors (Lipinski definition) is 5. The highest BCUT2D eigenvalue weighted by molar-refractivity contribution is 7.92. The van der Waals surface area contributed by atoms with E-state index in [4.69, 9.17) is 4.74 Å². The van der Waals surface area contributed by atoms with Gasteiger partial charge in [0.25, 0.3) is 15.9 Å². The van der Waals surface area contributed by atoms with Crippen molar-refractivity contribution in [2.45, 2.75) is 24.7 Å². The molecule has 0 aromatic heterocycles. The van der Waals surface area contributed by atoms with Gasteiger partial charge in [-0.05, 0) is 61.7 Å². The molecule has 0 aliphatic carbocycles. The van der Waals surface area contributed by atoms with Gasteiger partial charge < -0.3 is 10.1 Å². The maximum Gasteiger partial charge on any atom is 0.338 e. The Kier molecular flexibility index (Phi) is 6.20. The predicted octanol–water partition coefficient (Wildman–Crippen LogP) is 4.18. The third-order valence-corrected chi connectivity index (χ3v) is 7.43. The number of amides is 1. The number of anilines is 2. The van der Waals surface area contributed by atoms with E-state index in [0.29, 0.717) is 24.3 Å². The smallest absolute Gasteiger partial charge is 0.338 e. The van der Waals surface area contributed by atoms with Gasteiger partial charge in [-0.1, -0.05) is 35.9 Å². The van der Waals surface area contributed by atoms with Crippen LogP contribution in [0.3, 0.4) is 0 Å². The van der Waals surface area contributed by atoms with Crippen molar-refractivity contribution in [3.8, 4) is 0 Å². The zero-order chi connectivity index (χ0) is 23.6. The summed E-state index contributed by atoms with van der Waals surface area (Å²) in [6.07, 6.45) is 1.45. The highest BCUT2D eigenvalue weighted by Gasteiger charge is 2.29. The number of sulfonamides is 1. The van der Waals surface area contributed by atoms with Crippen molar-refractivity contribution >= 4 is 33.3 Å². The van der Waals surface area contributed by atoms with Gasteiger partial charge in [0.05, 0.1) is 28.8 Å². The molecule has 7 nitrogen and oxygen atoms in total. The molecule has 3 aromatic rings. The molecule has 0 saturated heterocycles. The molecule has 0 saturated carbocycles. The molecule has 0 unspecified atom stereocenters. The topological polar surface area (TPSA) is 92.8 Å². The van der Waals surface area contributed by atoms with Gasteiger partial charge in [0.1, 0.15) is 0 Å². The third-order valence-electron chi connectivity index (χ3n) is 5.61. The number of carbonyl (C=O) groups is 2. The average Bonchev–Trinajstić information content (AvgIpc) is 2.83. The first-order chi connectivity index (χ1) is 15.8. The molecule has 0 atom stereocenters. The quantitative estimate of drug-likeness (QED) is 0.572. The molecule has 1 amide bonds. The molecular weight excluding hydrogens is 440 g/mol. The van der Waals surface area contributed by atoms with Crippen LogP contribution in [0.25, 0.3) is 0 Å². The van der Waals surface area contributed by atoms with Crippen LogP contribution in [-0.2, 0) is 21.2 Å². The maximum atomic E-state index is 13.4. The van der Waals surface area contributed by atoms with Crippen LogP contribution in [0.5, 0.6) is 0 Å². The van der Waals surface area contributed by atoms with Crippen LogP contribution in [0, 0.1) is 6.92 Å². The number of nitrogens with one attached hydrogen (secondary N) is 1. The number of aryl methyl sites for hydroxylation is 2. The third kappa shape index (κ3) is 4.47. The minimum atomic E-state index is -3.75. The Morgan fingerprint density at radius 2 is 1.67 bits per heavy atom. The molecule has 0 bridgehead atoms. The first-order valence-corrected chi connectivity index (χ1v) is 12.0. The Balaban J connectivity index is 1.66. The summed E-state index contributed by atoms with van der Waals surface area (Å²) in [5.74, 6) is -1.10. The normalized spacial score (nSPS) is 13.2. The molecule has 1 aliphatic heterocycles. The number of fused-ring (bicyclic) bond motifs is 1. The summed E-state index contributed by atoms with van der Waals surface area (Å²) in [6.45, 7) is 2.26. The Hall–Kier alpha value is -3.65. The first-order valence-electron chi connectivity index (χ1n) is 10.5. The SMILES string of the molecule is COC(=O)c1ccccc1C(=O)Nc1ccc2c(c1)N(S(=O)(=O)c1ccc(C)cc1)CCC2. The van der Waals surface area contributed by atoms with E-state index in [1.165, 1.54) is 23.5 Å². The Labute approximate surface area is 193 Å². The first kappa shape index (κ1) is 22.5. The predicted molar refractivity (Wildman–Crippen MR) is 126 cm³/mol. The van der Waals surface area contributed by atoms with E-state index >= 15 is 0 Å². The fourth-order valence-electron chi connectivity index (χ4n) is 3.87. The van der Waals surface area contributed by atoms with E-state index in [2.05, 4.69) is 5.32 Å². The van der Waals surface area contributed by atoms with E-state index in [0.717, 1.165) is 17.5 Å². The van der Waals surface area contributed by atoms with E-state index in [1.807, 2.05) is 13.0 Å². The van der Waals surface area contributed by atoms with Gasteiger partial charge in [0.15, 0.2) is 0 Å². The van der Waals surface area contributed by atoms with Crippen molar-refractivity contribution in [2.24, 2.45) is 0 Å². The fourth-order valence-corrected chi connectivity index (χ4v) is 5.41. The number of hydrogen-bond donors (Lipinski definition) is 1. The van der Waals surface area contributed by atoms with Gasteiger partial charge in [-0.3, -0.25) is 9.10 Å².